The summed E-state index contributed by atoms with van der Waals surface area (Å²) in [7, 11) is 0. The second-order valence-electron chi connectivity index (χ2n) is 2.92. The number of hydrogen-bond acceptors (Lipinski definition) is 4. The first-order valence-corrected chi connectivity index (χ1v) is 4.12. The van der Waals surface area contributed by atoms with Gasteiger partial charge in [0, 0.05) is 24.7 Å². The van der Waals surface area contributed by atoms with E-state index >= 15 is 0 Å². The molecule has 0 aliphatic carbocycles. The van der Waals surface area contributed by atoms with Gasteiger partial charge in [-0.15, -0.1) is 0 Å². The highest BCUT2D eigenvalue weighted by Gasteiger charge is 2.12. The summed E-state index contributed by atoms with van der Waals surface area (Å²) in [6.07, 6.45) is 1.23. The van der Waals surface area contributed by atoms with Crippen LogP contribution in [0.1, 0.15) is 5.56 Å². The van der Waals surface area contributed by atoms with Crippen molar-refractivity contribution >= 4 is 5.69 Å². The van der Waals surface area contributed by atoms with E-state index in [-0.39, 0.29) is 17.8 Å². The molecule has 0 unspecified atom stereocenters. The molecule has 0 bridgehead atoms. The standard InChI is InChI=1S/C8H11N3O3/c1-6-4-8(12)10(3-2-9)5-7(6)11(13)14/h4-5H,2-3,9H2,1H3. The lowest BCUT2D eigenvalue weighted by Gasteiger charge is -2.03. The zero-order chi connectivity index (χ0) is 10.7. The van der Waals surface area contributed by atoms with Crippen LogP contribution in [0.4, 0.5) is 5.69 Å². The second kappa shape index (κ2) is 4.01. The van der Waals surface area contributed by atoms with E-state index in [0.29, 0.717) is 12.1 Å². The van der Waals surface area contributed by atoms with Crippen LogP contribution in [0.5, 0.6) is 0 Å². The Kier molecular flexibility index (Phi) is 2.98. The number of rotatable bonds is 3. The Bertz CT molecular complexity index is 411. The first-order chi connectivity index (χ1) is 6.56. The summed E-state index contributed by atoms with van der Waals surface area (Å²) >= 11 is 0. The smallest absolute Gasteiger partial charge is 0.288 e. The molecule has 1 heterocycles. The lowest BCUT2D eigenvalue weighted by atomic mass is 10.2. The maximum atomic E-state index is 11.3. The first-order valence-electron chi connectivity index (χ1n) is 4.12. The highest BCUT2D eigenvalue weighted by atomic mass is 16.6. The van der Waals surface area contributed by atoms with E-state index < -0.39 is 4.92 Å². The van der Waals surface area contributed by atoms with E-state index in [0.717, 1.165) is 0 Å². The van der Waals surface area contributed by atoms with Gasteiger partial charge in [-0.25, -0.2) is 0 Å². The van der Waals surface area contributed by atoms with Gasteiger partial charge in [0.15, 0.2) is 0 Å². The molecule has 0 amide bonds. The van der Waals surface area contributed by atoms with Crippen molar-refractivity contribution in [3.8, 4) is 0 Å². The van der Waals surface area contributed by atoms with Gasteiger partial charge in [-0.05, 0) is 6.92 Å². The first kappa shape index (κ1) is 10.4. The van der Waals surface area contributed by atoms with Crippen LogP contribution in [0.25, 0.3) is 0 Å². The van der Waals surface area contributed by atoms with Gasteiger partial charge in [0.25, 0.3) is 11.2 Å². The number of nitro groups is 1. The molecule has 6 nitrogen and oxygen atoms in total. The van der Waals surface area contributed by atoms with E-state index in [1.807, 2.05) is 0 Å². The van der Waals surface area contributed by atoms with Crippen molar-refractivity contribution in [3.05, 3.63) is 38.3 Å². The molecule has 0 atom stereocenters. The minimum absolute atomic E-state index is 0.0574. The van der Waals surface area contributed by atoms with Crippen molar-refractivity contribution in [2.45, 2.75) is 13.5 Å². The zero-order valence-electron chi connectivity index (χ0n) is 7.77. The van der Waals surface area contributed by atoms with Gasteiger partial charge in [-0.1, -0.05) is 0 Å². The largest absolute Gasteiger partial charge is 0.329 e. The summed E-state index contributed by atoms with van der Waals surface area (Å²) in [5.74, 6) is 0. The highest BCUT2D eigenvalue weighted by Crippen LogP contribution is 2.13. The van der Waals surface area contributed by atoms with Gasteiger partial charge >= 0.3 is 0 Å². The molecule has 2 N–H and O–H groups in total. The summed E-state index contributed by atoms with van der Waals surface area (Å²) in [4.78, 5) is 21.3. The Morgan fingerprint density at radius 1 is 1.64 bits per heavy atom. The molecular formula is C8H11N3O3. The van der Waals surface area contributed by atoms with Crippen molar-refractivity contribution in [1.82, 2.24) is 4.57 Å². The number of pyridine rings is 1. The minimum Gasteiger partial charge on any atom is -0.329 e. The van der Waals surface area contributed by atoms with E-state index in [4.69, 9.17) is 5.73 Å². The van der Waals surface area contributed by atoms with Gasteiger partial charge < -0.3 is 10.3 Å². The summed E-state index contributed by atoms with van der Waals surface area (Å²) in [5, 5.41) is 10.5. The Labute approximate surface area is 80.1 Å². The number of aryl methyl sites for hydroxylation is 1. The lowest BCUT2D eigenvalue weighted by Crippen LogP contribution is -2.23. The van der Waals surface area contributed by atoms with Crippen LogP contribution in [0, 0.1) is 17.0 Å². The molecule has 0 saturated heterocycles. The number of nitrogens with zero attached hydrogens (tertiary/aromatic N) is 2. The Morgan fingerprint density at radius 2 is 2.29 bits per heavy atom. The summed E-state index contributed by atoms with van der Waals surface area (Å²) in [6.45, 7) is 2.10. The molecule has 0 saturated carbocycles. The maximum absolute atomic E-state index is 11.3. The van der Waals surface area contributed by atoms with Crippen LogP contribution < -0.4 is 11.3 Å². The van der Waals surface area contributed by atoms with Crippen molar-refractivity contribution in [1.29, 1.82) is 0 Å². The van der Waals surface area contributed by atoms with Crippen LogP contribution in [-0.4, -0.2) is 16.0 Å². The molecule has 14 heavy (non-hydrogen) atoms. The maximum Gasteiger partial charge on any atom is 0.288 e. The van der Waals surface area contributed by atoms with Crippen LogP contribution in [0.15, 0.2) is 17.1 Å². The highest BCUT2D eigenvalue weighted by molar-refractivity contribution is 5.35. The predicted molar refractivity (Wildman–Crippen MR) is 51.1 cm³/mol. The fraction of sp³-hybridized carbons (Fsp3) is 0.375. The summed E-state index contributed by atoms with van der Waals surface area (Å²) < 4.78 is 1.24. The van der Waals surface area contributed by atoms with Crippen LogP contribution in [0.3, 0.4) is 0 Å². The number of nitrogens with two attached hydrogens (primary N) is 1. The molecule has 0 aliphatic rings. The molecule has 1 aromatic heterocycles. The molecule has 6 heteroatoms. The van der Waals surface area contributed by atoms with E-state index in [1.54, 1.807) is 0 Å². The van der Waals surface area contributed by atoms with Crippen molar-refractivity contribution < 1.29 is 4.92 Å². The van der Waals surface area contributed by atoms with Crippen LogP contribution >= 0.6 is 0 Å². The molecule has 0 aliphatic heterocycles. The van der Waals surface area contributed by atoms with Gasteiger partial charge in [-0.2, -0.15) is 0 Å². The third kappa shape index (κ3) is 1.97. The molecular weight excluding hydrogens is 186 g/mol. The Morgan fingerprint density at radius 3 is 2.79 bits per heavy atom. The van der Waals surface area contributed by atoms with Gasteiger partial charge in [0.2, 0.25) is 0 Å². The Hall–Kier alpha value is -1.69. The van der Waals surface area contributed by atoms with Crippen molar-refractivity contribution in [3.63, 3.8) is 0 Å². The van der Waals surface area contributed by atoms with Crippen molar-refractivity contribution in [2.75, 3.05) is 6.54 Å². The van der Waals surface area contributed by atoms with Crippen LogP contribution in [-0.2, 0) is 6.54 Å². The van der Waals surface area contributed by atoms with E-state index in [9.17, 15) is 14.9 Å². The normalized spacial score (nSPS) is 10.1. The van der Waals surface area contributed by atoms with E-state index in [2.05, 4.69) is 0 Å². The molecule has 1 aromatic rings. The molecule has 0 spiro atoms. The summed E-state index contributed by atoms with van der Waals surface area (Å²) in [6, 6.07) is 1.24. The number of hydrogen-bond donors (Lipinski definition) is 1. The molecule has 0 fully saturated rings. The van der Waals surface area contributed by atoms with Gasteiger partial charge in [-0.3, -0.25) is 14.9 Å². The predicted octanol–water partition coefficient (Wildman–Crippen LogP) is 0.0236. The fourth-order valence-electron chi connectivity index (χ4n) is 1.16. The minimum atomic E-state index is -0.512. The number of aromatic nitrogens is 1. The zero-order valence-corrected chi connectivity index (χ0v) is 7.77. The van der Waals surface area contributed by atoms with Crippen LogP contribution in [0.2, 0.25) is 0 Å². The second-order valence-corrected chi connectivity index (χ2v) is 2.92. The molecule has 0 radical (unpaired) electrons. The average molecular weight is 197 g/mol. The third-order valence-corrected chi connectivity index (χ3v) is 1.87. The van der Waals surface area contributed by atoms with Crippen molar-refractivity contribution in [2.24, 2.45) is 5.73 Å². The van der Waals surface area contributed by atoms with Gasteiger partial charge in [0.05, 0.1) is 11.1 Å². The fourth-order valence-corrected chi connectivity index (χ4v) is 1.16. The molecule has 0 aromatic carbocycles. The molecule has 1 rings (SSSR count). The Balaban J connectivity index is 3.27. The monoisotopic (exact) mass is 197 g/mol. The third-order valence-electron chi connectivity index (χ3n) is 1.87. The summed E-state index contributed by atoms with van der Waals surface area (Å²) in [5.41, 5.74) is 5.31. The topological polar surface area (TPSA) is 91.2 Å². The average Bonchev–Trinajstić information content (AvgIpc) is 2.09. The van der Waals surface area contributed by atoms with E-state index in [1.165, 1.54) is 23.8 Å². The van der Waals surface area contributed by atoms with Gasteiger partial charge in [0.1, 0.15) is 0 Å². The quantitative estimate of drug-likeness (QED) is 0.546. The lowest BCUT2D eigenvalue weighted by molar-refractivity contribution is -0.385. The molecule has 76 valence electrons. The SMILES string of the molecule is Cc1cc(=O)n(CCN)cc1[N+](=O)[O-].